The van der Waals surface area contributed by atoms with Crippen LogP contribution >= 0.6 is 0 Å². The summed E-state index contributed by atoms with van der Waals surface area (Å²) in [6.45, 7) is 7.24. The first kappa shape index (κ1) is 15.1. The van der Waals surface area contributed by atoms with Gasteiger partial charge in [0.1, 0.15) is 5.75 Å². The lowest BCUT2D eigenvalue weighted by Crippen LogP contribution is -2.18. The number of ether oxygens (including phenoxy) is 1. The highest BCUT2D eigenvalue weighted by atomic mass is 16.5. The summed E-state index contributed by atoms with van der Waals surface area (Å²) in [5.41, 5.74) is 2.04. The maximum absolute atomic E-state index is 12.2. The molecular formula is C18H26O2. The van der Waals surface area contributed by atoms with Gasteiger partial charge in [-0.3, -0.25) is 4.79 Å². The van der Waals surface area contributed by atoms with E-state index in [2.05, 4.69) is 20.8 Å². The zero-order valence-electron chi connectivity index (χ0n) is 13.0. The van der Waals surface area contributed by atoms with Gasteiger partial charge in [0.15, 0.2) is 5.78 Å². The number of Topliss-reactive ketones (excluding diaryl/α,β-unsaturated/α-hetero) is 1. The van der Waals surface area contributed by atoms with Gasteiger partial charge in [-0.1, -0.05) is 46.5 Å². The Kier molecular flexibility index (Phi) is 4.85. The van der Waals surface area contributed by atoms with Gasteiger partial charge < -0.3 is 4.74 Å². The zero-order chi connectivity index (χ0) is 14.6. The Hall–Kier alpha value is -1.31. The first-order chi connectivity index (χ1) is 9.54. The summed E-state index contributed by atoms with van der Waals surface area (Å²) in [6.07, 6.45) is 6.61. The molecule has 20 heavy (non-hydrogen) atoms. The quantitative estimate of drug-likeness (QED) is 0.522. The van der Waals surface area contributed by atoms with E-state index in [1.807, 2.05) is 18.2 Å². The molecule has 2 rings (SSSR count). The molecule has 2 nitrogen and oxygen atoms in total. The molecule has 1 aromatic carbocycles. The Bertz CT molecular complexity index is 474. The van der Waals surface area contributed by atoms with E-state index < -0.39 is 0 Å². The maximum atomic E-state index is 12.2. The molecule has 0 amide bonds. The molecule has 0 spiro atoms. The predicted octanol–water partition coefficient (Wildman–Crippen LogP) is 4.90. The summed E-state index contributed by atoms with van der Waals surface area (Å²) < 4.78 is 5.66. The molecule has 0 N–H and O–H groups in total. The lowest BCUT2D eigenvalue weighted by atomic mass is 9.85. The van der Waals surface area contributed by atoms with E-state index in [1.54, 1.807) is 0 Å². The summed E-state index contributed by atoms with van der Waals surface area (Å²) in [7, 11) is 0. The third kappa shape index (κ3) is 3.41. The summed E-state index contributed by atoms with van der Waals surface area (Å²) in [6, 6.07) is 5.90. The fourth-order valence-corrected chi connectivity index (χ4v) is 2.73. The zero-order valence-corrected chi connectivity index (χ0v) is 13.0. The molecule has 110 valence electrons. The Labute approximate surface area is 122 Å². The predicted molar refractivity (Wildman–Crippen MR) is 82.7 cm³/mol. The van der Waals surface area contributed by atoms with E-state index in [4.69, 9.17) is 4.74 Å². The van der Waals surface area contributed by atoms with Gasteiger partial charge >= 0.3 is 0 Å². The van der Waals surface area contributed by atoms with Crippen LogP contribution in [0.5, 0.6) is 5.75 Å². The highest BCUT2D eigenvalue weighted by Gasteiger charge is 2.32. The van der Waals surface area contributed by atoms with Crippen molar-refractivity contribution in [1.29, 1.82) is 0 Å². The van der Waals surface area contributed by atoms with Crippen LogP contribution in [0.1, 0.15) is 75.2 Å². The summed E-state index contributed by atoms with van der Waals surface area (Å²) in [5, 5.41) is 0. The number of fused-ring (bicyclic) bond motifs is 1. The van der Waals surface area contributed by atoms with Gasteiger partial charge in [0.05, 0.1) is 6.61 Å². The SMILES string of the molecule is CCCCCCCC(=O)c1ccc2c(c1)C(C)(C)CO2. The minimum Gasteiger partial charge on any atom is -0.492 e. The van der Waals surface area contributed by atoms with Crippen LogP contribution in [0, 0.1) is 0 Å². The number of ketones is 1. The lowest BCUT2D eigenvalue weighted by Gasteiger charge is -2.15. The molecule has 1 aliphatic heterocycles. The van der Waals surface area contributed by atoms with Crippen LogP contribution in [0.3, 0.4) is 0 Å². The molecular weight excluding hydrogens is 248 g/mol. The Balaban J connectivity index is 1.95. The minimum absolute atomic E-state index is 0.0206. The molecule has 0 atom stereocenters. The Morgan fingerprint density at radius 3 is 2.70 bits per heavy atom. The number of benzene rings is 1. The Morgan fingerprint density at radius 2 is 1.95 bits per heavy atom. The minimum atomic E-state index is 0.0206. The van der Waals surface area contributed by atoms with Gasteiger partial charge in [0.25, 0.3) is 0 Å². The highest BCUT2D eigenvalue weighted by Crippen LogP contribution is 2.38. The van der Waals surface area contributed by atoms with Crippen molar-refractivity contribution in [2.45, 2.75) is 64.7 Å². The second-order valence-corrected chi connectivity index (χ2v) is 6.47. The van der Waals surface area contributed by atoms with E-state index in [-0.39, 0.29) is 11.2 Å². The van der Waals surface area contributed by atoms with Gasteiger partial charge in [0.2, 0.25) is 0 Å². The summed E-state index contributed by atoms with van der Waals surface area (Å²) >= 11 is 0. The van der Waals surface area contributed by atoms with Crippen LogP contribution in [0.15, 0.2) is 18.2 Å². The van der Waals surface area contributed by atoms with Crippen molar-refractivity contribution in [1.82, 2.24) is 0 Å². The molecule has 0 aromatic heterocycles. The molecule has 0 radical (unpaired) electrons. The molecule has 0 saturated heterocycles. The molecule has 1 aromatic rings. The monoisotopic (exact) mass is 274 g/mol. The molecule has 2 heteroatoms. The second-order valence-electron chi connectivity index (χ2n) is 6.47. The average Bonchev–Trinajstić information content (AvgIpc) is 2.74. The number of unbranched alkanes of at least 4 members (excludes halogenated alkanes) is 4. The number of rotatable bonds is 7. The van der Waals surface area contributed by atoms with Crippen LogP contribution in [0.25, 0.3) is 0 Å². The first-order valence-corrected chi connectivity index (χ1v) is 7.85. The Morgan fingerprint density at radius 1 is 1.20 bits per heavy atom. The lowest BCUT2D eigenvalue weighted by molar-refractivity contribution is 0.0979. The van der Waals surface area contributed by atoms with Gasteiger partial charge in [-0.15, -0.1) is 0 Å². The number of hydrogen-bond acceptors (Lipinski definition) is 2. The fourth-order valence-electron chi connectivity index (χ4n) is 2.73. The first-order valence-electron chi connectivity index (χ1n) is 7.85. The standard InChI is InChI=1S/C18H26O2/c1-4-5-6-7-8-9-16(19)14-10-11-17-15(12-14)18(2,3)13-20-17/h10-12H,4-9,13H2,1-3H3. The van der Waals surface area contributed by atoms with Crippen LogP contribution in [-0.2, 0) is 5.41 Å². The number of carbonyl (C=O) groups is 1. The molecule has 0 bridgehead atoms. The van der Waals surface area contributed by atoms with E-state index in [9.17, 15) is 4.79 Å². The molecule has 1 aliphatic rings. The summed E-state index contributed by atoms with van der Waals surface area (Å²) in [4.78, 5) is 12.2. The van der Waals surface area contributed by atoms with Crippen molar-refractivity contribution < 1.29 is 9.53 Å². The van der Waals surface area contributed by atoms with Crippen LogP contribution in [0.2, 0.25) is 0 Å². The molecule has 1 heterocycles. The van der Waals surface area contributed by atoms with E-state index >= 15 is 0 Å². The van der Waals surface area contributed by atoms with Crippen molar-refractivity contribution in [2.75, 3.05) is 6.61 Å². The van der Waals surface area contributed by atoms with Crippen LogP contribution in [0.4, 0.5) is 0 Å². The molecule has 0 saturated carbocycles. The molecule has 0 fully saturated rings. The second kappa shape index (κ2) is 6.43. The van der Waals surface area contributed by atoms with Gasteiger partial charge in [0, 0.05) is 23.0 Å². The highest BCUT2D eigenvalue weighted by molar-refractivity contribution is 5.96. The van der Waals surface area contributed by atoms with Gasteiger partial charge in [-0.2, -0.15) is 0 Å². The van der Waals surface area contributed by atoms with Crippen LogP contribution in [-0.4, -0.2) is 12.4 Å². The largest absolute Gasteiger partial charge is 0.492 e. The van der Waals surface area contributed by atoms with Gasteiger partial charge in [-0.05, 0) is 24.6 Å². The van der Waals surface area contributed by atoms with Crippen molar-refractivity contribution in [3.8, 4) is 5.75 Å². The fraction of sp³-hybridized carbons (Fsp3) is 0.611. The van der Waals surface area contributed by atoms with Crippen molar-refractivity contribution in [3.63, 3.8) is 0 Å². The number of carbonyl (C=O) groups excluding carboxylic acids is 1. The van der Waals surface area contributed by atoms with E-state index in [1.165, 1.54) is 31.2 Å². The van der Waals surface area contributed by atoms with Crippen molar-refractivity contribution in [2.24, 2.45) is 0 Å². The normalized spacial score (nSPS) is 15.8. The van der Waals surface area contributed by atoms with E-state index in [0.29, 0.717) is 13.0 Å². The third-order valence-corrected chi connectivity index (χ3v) is 4.13. The van der Waals surface area contributed by atoms with Gasteiger partial charge in [-0.25, -0.2) is 0 Å². The van der Waals surface area contributed by atoms with Crippen LogP contribution < -0.4 is 4.74 Å². The summed E-state index contributed by atoms with van der Waals surface area (Å²) in [5.74, 6) is 1.21. The topological polar surface area (TPSA) is 26.3 Å². The van der Waals surface area contributed by atoms with E-state index in [0.717, 1.165) is 17.7 Å². The molecule has 0 unspecified atom stereocenters. The third-order valence-electron chi connectivity index (χ3n) is 4.13. The smallest absolute Gasteiger partial charge is 0.162 e. The van der Waals surface area contributed by atoms with Crippen molar-refractivity contribution in [3.05, 3.63) is 29.3 Å². The van der Waals surface area contributed by atoms with Crippen molar-refractivity contribution >= 4 is 5.78 Å². The molecule has 0 aliphatic carbocycles. The average molecular weight is 274 g/mol. The number of hydrogen-bond donors (Lipinski definition) is 0. The maximum Gasteiger partial charge on any atom is 0.162 e.